The minimum absolute atomic E-state index is 0.150. The van der Waals surface area contributed by atoms with Crippen LogP contribution in [0.15, 0.2) is 51.7 Å². The number of benzene rings is 2. The number of non-ortho nitro benzene ring substituents is 1. The maximum atomic E-state index is 12.6. The van der Waals surface area contributed by atoms with Crippen LogP contribution in [0.3, 0.4) is 0 Å². The van der Waals surface area contributed by atoms with E-state index in [1.165, 1.54) is 29.2 Å². The molecule has 4 aromatic rings. The fourth-order valence-electron chi connectivity index (χ4n) is 4.44. The van der Waals surface area contributed by atoms with E-state index >= 15 is 0 Å². The lowest BCUT2D eigenvalue weighted by atomic mass is 10.1. The molecule has 0 aliphatic carbocycles. The summed E-state index contributed by atoms with van der Waals surface area (Å²) in [4.78, 5) is 35.1. The number of aromatic nitrogens is 4. The van der Waals surface area contributed by atoms with Crippen molar-refractivity contribution in [3.8, 4) is 11.4 Å². The van der Waals surface area contributed by atoms with Crippen molar-refractivity contribution in [2.75, 3.05) is 5.32 Å². The summed E-state index contributed by atoms with van der Waals surface area (Å²) in [5.41, 5.74) is 2.02. The number of nitro benzene ring substituents is 1. The van der Waals surface area contributed by atoms with Crippen molar-refractivity contribution in [2.24, 2.45) is 0 Å². The first-order valence-electron chi connectivity index (χ1n) is 11.6. The highest BCUT2D eigenvalue weighted by atomic mass is 16.6. The van der Waals surface area contributed by atoms with Crippen molar-refractivity contribution in [1.82, 2.24) is 19.3 Å². The van der Waals surface area contributed by atoms with Crippen LogP contribution in [-0.2, 0) is 24.3 Å². The van der Waals surface area contributed by atoms with Crippen molar-refractivity contribution in [2.45, 2.75) is 51.6 Å². The molecule has 0 radical (unpaired) electrons. The van der Waals surface area contributed by atoms with Gasteiger partial charge in [0.2, 0.25) is 5.91 Å². The number of hydrogen-bond acceptors (Lipinski definition) is 7. The SMILES string of the molecule is O=C(CCCn1c(=O)oc2cc([N+](=O)[O-])ccc21)Nc1cccc(-c2nnc3n2CCCCC3)c1. The van der Waals surface area contributed by atoms with Crippen LogP contribution in [0.2, 0.25) is 0 Å². The summed E-state index contributed by atoms with van der Waals surface area (Å²) in [7, 11) is 0. The minimum Gasteiger partial charge on any atom is -0.407 e. The fourth-order valence-corrected chi connectivity index (χ4v) is 4.44. The van der Waals surface area contributed by atoms with Crippen molar-refractivity contribution >= 4 is 28.4 Å². The Balaban J connectivity index is 1.23. The summed E-state index contributed by atoms with van der Waals surface area (Å²) in [6.07, 6.45) is 4.91. The number of aryl methyl sites for hydroxylation is 2. The average molecular weight is 476 g/mol. The molecule has 0 bridgehead atoms. The summed E-state index contributed by atoms with van der Waals surface area (Å²) in [5.74, 6) is 1.02. The largest absolute Gasteiger partial charge is 0.419 e. The molecule has 5 rings (SSSR count). The molecule has 0 fully saturated rings. The molecule has 11 nitrogen and oxygen atoms in total. The summed E-state index contributed by atoms with van der Waals surface area (Å²) in [5, 5.41) is 22.6. The molecule has 35 heavy (non-hydrogen) atoms. The smallest absolute Gasteiger partial charge is 0.407 e. The quantitative estimate of drug-likeness (QED) is 0.315. The van der Waals surface area contributed by atoms with E-state index in [9.17, 15) is 19.7 Å². The third-order valence-corrected chi connectivity index (χ3v) is 6.16. The monoisotopic (exact) mass is 476 g/mol. The molecule has 1 N–H and O–H groups in total. The molecule has 0 saturated carbocycles. The summed E-state index contributed by atoms with van der Waals surface area (Å²) in [6.45, 7) is 1.15. The van der Waals surface area contributed by atoms with Gasteiger partial charge in [0.15, 0.2) is 11.4 Å². The first-order valence-corrected chi connectivity index (χ1v) is 11.6. The number of carbonyl (C=O) groups is 1. The van der Waals surface area contributed by atoms with E-state index in [1.807, 2.05) is 24.3 Å². The van der Waals surface area contributed by atoms with Gasteiger partial charge < -0.3 is 14.3 Å². The van der Waals surface area contributed by atoms with E-state index in [4.69, 9.17) is 4.42 Å². The van der Waals surface area contributed by atoms with Crippen LogP contribution < -0.4 is 11.1 Å². The Bertz CT molecular complexity index is 1470. The van der Waals surface area contributed by atoms with Gasteiger partial charge in [0.25, 0.3) is 5.69 Å². The fraction of sp³-hybridized carbons (Fsp3) is 0.333. The number of amides is 1. The molecule has 1 aliphatic heterocycles. The third-order valence-electron chi connectivity index (χ3n) is 6.16. The van der Waals surface area contributed by atoms with E-state index in [2.05, 4.69) is 20.1 Å². The first-order chi connectivity index (χ1) is 17.0. The maximum absolute atomic E-state index is 12.6. The predicted octanol–water partition coefficient (Wildman–Crippen LogP) is 3.91. The van der Waals surface area contributed by atoms with Crippen LogP contribution in [0.1, 0.15) is 37.9 Å². The molecule has 2 aromatic carbocycles. The highest BCUT2D eigenvalue weighted by Crippen LogP contribution is 2.25. The van der Waals surface area contributed by atoms with Gasteiger partial charge in [-0.3, -0.25) is 19.5 Å². The maximum Gasteiger partial charge on any atom is 0.419 e. The van der Waals surface area contributed by atoms with Gasteiger partial charge in [0.1, 0.15) is 5.82 Å². The van der Waals surface area contributed by atoms with E-state index in [0.29, 0.717) is 17.6 Å². The molecule has 1 amide bonds. The molecule has 3 heterocycles. The Hall–Kier alpha value is -4.28. The number of hydrogen-bond donors (Lipinski definition) is 1. The number of fused-ring (bicyclic) bond motifs is 2. The zero-order valence-electron chi connectivity index (χ0n) is 19.0. The lowest BCUT2D eigenvalue weighted by Crippen LogP contribution is -2.17. The summed E-state index contributed by atoms with van der Waals surface area (Å²) >= 11 is 0. The summed E-state index contributed by atoms with van der Waals surface area (Å²) in [6, 6.07) is 11.6. The van der Waals surface area contributed by atoms with E-state index in [0.717, 1.165) is 43.0 Å². The zero-order valence-corrected chi connectivity index (χ0v) is 19.0. The minimum atomic E-state index is -0.610. The number of nitro groups is 1. The molecular weight excluding hydrogens is 452 g/mol. The molecule has 0 saturated heterocycles. The van der Waals surface area contributed by atoms with Crippen LogP contribution in [-0.4, -0.2) is 30.2 Å². The molecule has 1 aliphatic rings. The lowest BCUT2D eigenvalue weighted by molar-refractivity contribution is -0.384. The predicted molar refractivity (Wildman–Crippen MR) is 128 cm³/mol. The number of rotatable bonds is 7. The standard InChI is InChI=1S/C24H24N6O5/c31-22(9-5-13-28-19-11-10-18(30(33)34)15-20(19)35-24(28)32)25-17-7-4-6-16(14-17)23-27-26-21-8-2-1-3-12-29(21)23/h4,6-7,10-11,14-15H,1-3,5,8-9,12-13H2,(H,25,31). The highest BCUT2D eigenvalue weighted by molar-refractivity contribution is 5.91. The zero-order chi connectivity index (χ0) is 24.4. The Kier molecular flexibility index (Phi) is 6.13. The Morgan fingerprint density at radius 3 is 2.89 bits per heavy atom. The second-order valence-electron chi connectivity index (χ2n) is 8.56. The summed E-state index contributed by atoms with van der Waals surface area (Å²) < 4.78 is 8.67. The van der Waals surface area contributed by atoms with Crippen LogP contribution in [0.5, 0.6) is 0 Å². The molecule has 180 valence electrons. The third kappa shape index (κ3) is 4.70. The van der Waals surface area contributed by atoms with Gasteiger partial charge in [-0.15, -0.1) is 10.2 Å². The van der Waals surface area contributed by atoms with Crippen molar-refractivity contribution in [3.63, 3.8) is 0 Å². The van der Waals surface area contributed by atoms with Gasteiger partial charge >= 0.3 is 5.76 Å². The van der Waals surface area contributed by atoms with Crippen LogP contribution in [0.25, 0.3) is 22.5 Å². The number of anilines is 1. The normalized spacial score (nSPS) is 13.4. The Morgan fingerprint density at radius 1 is 1.14 bits per heavy atom. The van der Waals surface area contributed by atoms with Gasteiger partial charge in [-0.05, 0) is 37.5 Å². The second-order valence-corrected chi connectivity index (χ2v) is 8.56. The molecule has 0 atom stereocenters. The number of carbonyl (C=O) groups excluding carboxylic acids is 1. The van der Waals surface area contributed by atoms with E-state index in [1.54, 1.807) is 0 Å². The molecule has 11 heteroatoms. The van der Waals surface area contributed by atoms with Crippen LogP contribution >= 0.6 is 0 Å². The highest BCUT2D eigenvalue weighted by Gasteiger charge is 2.17. The average Bonchev–Trinajstić information content (AvgIpc) is 3.29. The molecular formula is C24H24N6O5. The van der Waals surface area contributed by atoms with Crippen molar-refractivity contribution < 1.29 is 14.1 Å². The Morgan fingerprint density at radius 2 is 2.03 bits per heavy atom. The van der Waals surface area contributed by atoms with E-state index < -0.39 is 10.7 Å². The lowest BCUT2D eigenvalue weighted by Gasteiger charge is -2.10. The van der Waals surface area contributed by atoms with E-state index in [-0.39, 0.29) is 30.1 Å². The molecule has 2 aromatic heterocycles. The van der Waals surface area contributed by atoms with Crippen LogP contribution in [0, 0.1) is 10.1 Å². The topological polar surface area (TPSA) is 138 Å². The Labute approximate surface area is 199 Å². The first kappa shape index (κ1) is 22.5. The number of oxazole rings is 1. The molecule has 0 unspecified atom stereocenters. The molecule has 0 spiro atoms. The van der Waals surface area contributed by atoms with Crippen LogP contribution in [0.4, 0.5) is 11.4 Å². The van der Waals surface area contributed by atoms with Crippen molar-refractivity contribution in [3.05, 3.63) is 69.0 Å². The van der Waals surface area contributed by atoms with Gasteiger partial charge in [-0.1, -0.05) is 18.6 Å². The second kappa shape index (κ2) is 9.53. The van der Waals surface area contributed by atoms with Gasteiger partial charge in [-0.2, -0.15) is 0 Å². The number of nitrogens with one attached hydrogen (secondary N) is 1. The van der Waals surface area contributed by atoms with Gasteiger partial charge in [0.05, 0.1) is 16.5 Å². The van der Waals surface area contributed by atoms with Gasteiger partial charge in [-0.25, -0.2) is 4.79 Å². The number of nitrogens with zero attached hydrogens (tertiary/aromatic N) is 5. The van der Waals surface area contributed by atoms with Crippen molar-refractivity contribution in [1.29, 1.82) is 0 Å². The van der Waals surface area contributed by atoms with Gasteiger partial charge in [0, 0.05) is 43.2 Å².